The van der Waals surface area contributed by atoms with Crippen molar-refractivity contribution in [1.29, 1.82) is 0 Å². The second kappa shape index (κ2) is 5.44. The molecule has 0 amide bonds. The van der Waals surface area contributed by atoms with E-state index in [0.29, 0.717) is 6.61 Å². The van der Waals surface area contributed by atoms with E-state index in [1.165, 1.54) is 12.1 Å². The monoisotopic (exact) mass is 340 g/mol. The van der Waals surface area contributed by atoms with Crippen LogP contribution in [-0.2, 0) is 15.7 Å². The molecule has 1 unspecified atom stereocenters. The van der Waals surface area contributed by atoms with Crippen molar-refractivity contribution < 1.29 is 22.6 Å². The molecule has 1 aromatic rings. The molecule has 6 heteroatoms. The van der Waals surface area contributed by atoms with Crippen LogP contribution in [0.1, 0.15) is 19.4 Å². The van der Waals surface area contributed by atoms with E-state index in [2.05, 4.69) is 0 Å². The predicted octanol–water partition coefficient (Wildman–Crippen LogP) is 2.60. The van der Waals surface area contributed by atoms with Gasteiger partial charge in [-0.15, -0.1) is 0 Å². The molecule has 1 aromatic carbocycles. The molecular formula is C13H15F3O2Se. The summed E-state index contributed by atoms with van der Waals surface area (Å²) in [6, 6.07) is 5.50. The third-order valence-electron chi connectivity index (χ3n) is 2.66. The van der Waals surface area contributed by atoms with Crippen LogP contribution in [0.5, 0.6) is 0 Å². The molecule has 0 aliphatic carbocycles. The summed E-state index contributed by atoms with van der Waals surface area (Å²) < 4.78 is 49.5. The number of hydrogen-bond donors (Lipinski definition) is 0. The first-order valence-electron chi connectivity index (χ1n) is 5.88. The average Bonchev–Trinajstić information content (AvgIpc) is 2.66. The Morgan fingerprint density at radius 2 is 2.11 bits per heavy atom. The summed E-state index contributed by atoms with van der Waals surface area (Å²) in [6.07, 6.45) is -4.30. The molecule has 1 aliphatic rings. The van der Waals surface area contributed by atoms with Crippen LogP contribution in [0.2, 0.25) is 5.32 Å². The molecule has 2 nitrogen and oxygen atoms in total. The SMILES string of the molecule is CC1(C)OCC(C[Se]c2cccc(C(F)(F)F)c2)O1. The maximum absolute atomic E-state index is 12.6. The zero-order chi connectivity index (χ0) is 14.1. The normalized spacial score (nSPS) is 22.7. The Balaban J connectivity index is 1.94. The molecule has 0 saturated carbocycles. The second-order valence-corrected chi connectivity index (χ2v) is 7.08. The van der Waals surface area contributed by atoms with Crippen LogP contribution in [0.3, 0.4) is 0 Å². The molecule has 1 saturated heterocycles. The van der Waals surface area contributed by atoms with Gasteiger partial charge in [-0.3, -0.25) is 0 Å². The van der Waals surface area contributed by atoms with Crippen molar-refractivity contribution in [3.05, 3.63) is 29.8 Å². The first-order chi connectivity index (χ1) is 8.76. The molecule has 1 atom stereocenters. The molecule has 1 aliphatic heterocycles. The van der Waals surface area contributed by atoms with Crippen molar-refractivity contribution in [2.45, 2.75) is 37.2 Å². The molecule has 106 valence electrons. The Hall–Kier alpha value is -0.551. The molecule has 19 heavy (non-hydrogen) atoms. The number of halogens is 3. The summed E-state index contributed by atoms with van der Waals surface area (Å²) in [5.41, 5.74) is -0.587. The van der Waals surface area contributed by atoms with E-state index < -0.39 is 17.5 Å². The van der Waals surface area contributed by atoms with Crippen molar-refractivity contribution in [1.82, 2.24) is 0 Å². The van der Waals surface area contributed by atoms with Crippen molar-refractivity contribution in [3.8, 4) is 0 Å². The Kier molecular flexibility index (Phi) is 4.26. The number of hydrogen-bond acceptors (Lipinski definition) is 2. The van der Waals surface area contributed by atoms with Crippen LogP contribution in [-0.4, -0.2) is 33.5 Å². The van der Waals surface area contributed by atoms with Crippen LogP contribution in [0, 0.1) is 0 Å². The quantitative estimate of drug-likeness (QED) is 0.789. The van der Waals surface area contributed by atoms with Gasteiger partial charge < -0.3 is 0 Å². The van der Waals surface area contributed by atoms with Crippen molar-refractivity contribution in [3.63, 3.8) is 0 Å². The number of alkyl halides is 3. The third kappa shape index (κ3) is 4.21. The zero-order valence-corrected chi connectivity index (χ0v) is 12.4. The summed E-state index contributed by atoms with van der Waals surface area (Å²) in [5.74, 6) is -0.575. The summed E-state index contributed by atoms with van der Waals surface area (Å²) in [6.45, 7) is 4.18. The minimum absolute atomic E-state index is 0.0236. The fourth-order valence-electron chi connectivity index (χ4n) is 1.80. The van der Waals surface area contributed by atoms with E-state index in [-0.39, 0.29) is 21.1 Å². The van der Waals surface area contributed by atoms with Gasteiger partial charge in [-0.25, -0.2) is 0 Å². The number of benzene rings is 1. The van der Waals surface area contributed by atoms with E-state index in [1.807, 2.05) is 13.8 Å². The average molecular weight is 339 g/mol. The van der Waals surface area contributed by atoms with Gasteiger partial charge in [0.15, 0.2) is 0 Å². The van der Waals surface area contributed by atoms with Gasteiger partial charge in [0.05, 0.1) is 0 Å². The van der Waals surface area contributed by atoms with Crippen LogP contribution >= 0.6 is 0 Å². The van der Waals surface area contributed by atoms with Crippen LogP contribution in [0.15, 0.2) is 24.3 Å². The maximum atomic E-state index is 12.6. The van der Waals surface area contributed by atoms with Crippen molar-refractivity contribution in [2.24, 2.45) is 0 Å². The standard InChI is InChI=1S/C13H15F3O2Se/c1-12(2)17-7-10(18-12)8-19-11-5-3-4-9(6-11)13(14,15)16/h3-6,10H,7-8H2,1-2H3. The van der Waals surface area contributed by atoms with Crippen molar-refractivity contribution >= 4 is 19.4 Å². The number of rotatable bonds is 3. The van der Waals surface area contributed by atoms with Gasteiger partial charge in [0.25, 0.3) is 0 Å². The van der Waals surface area contributed by atoms with Gasteiger partial charge in [0, 0.05) is 0 Å². The predicted molar refractivity (Wildman–Crippen MR) is 66.5 cm³/mol. The van der Waals surface area contributed by atoms with E-state index in [9.17, 15) is 13.2 Å². The van der Waals surface area contributed by atoms with E-state index in [4.69, 9.17) is 9.47 Å². The minimum atomic E-state index is -4.28. The topological polar surface area (TPSA) is 18.5 Å². The number of ether oxygens (including phenoxy) is 2. The van der Waals surface area contributed by atoms with Gasteiger partial charge in [-0.05, 0) is 0 Å². The fourth-order valence-corrected chi connectivity index (χ4v) is 3.74. The Bertz CT molecular complexity index is 446. The van der Waals surface area contributed by atoms with Crippen molar-refractivity contribution in [2.75, 3.05) is 6.61 Å². The van der Waals surface area contributed by atoms with E-state index in [0.717, 1.165) is 15.8 Å². The summed E-state index contributed by atoms with van der Waals surface area (Å²) in [4.78, 5) is 0. The van der Waals surface area contributed by atoms with E-state index >= 15 is 0 Å². The molecule has 1 heterocycles. The van der Waals surface area contributed by atoms with Crippen LogP contribution < -0.4 is 4.46 Å². The molecule has 1 fully saturated rings. The Morgan fingerprint density at radius 3 is 2.68 bits per heavy atom. The first-order valence-corrected chi connectivity index (χ1v) is 7.95. The van der Waals surface area contributed by atoms with Gasteiger partial charge in [0.1, 0.15) is 0 Å². The molecule has 2 rings (SSSR count). The molecule has 0 spiro atoms. The zero-order valence-electron chi connectivity index (χ0n) is 10.7. The Morgan fingerprint density at radius 1 is 1.37 bits per heavy atom. The van der Waals surface area contributed by atoms with Gasteiger partial charge in [-0.1, -0.05) is 0 Å². The third-order valence-corrected chi connectivity index (χ3v) is 5.03. The Labute approximate surface area is 116 Å². The second-order valence-electron chi connectivity index (χ2n) is 4.79. The molecule has 0 aromatic heterocycles. The molecule has 0 bridgehead atoms. The molecular weight excluding hydrogens is 324 g/mol. The molecule has 0 N–H and O–H groups in total. The summed E-state index contributed by atoms with van der Waals surface area (Å²) in [5, 5.41) is 0.720. The summed E-state index contributed by atoms with van der Waals surface area (Å²) in [7, 11) is 0. The van der Waals surface area contributed by atoms with Gasteiger partial charge in [0.2, 0.25) is 0 Å². The summed E-state index contributed by atoms with van der Waals surface area (Å²) >= 11 is -0.0459. The van der Waals surface area contributed by atoms with Crippen LogP contribution in [0.4, 0.5) is 13.2 Å². The van der Waals surface area contributed by atoms with Gasteiger partial charge in [-0.2, -0.15) is 0 Å². The fraction of sp³-hybridized carbons (Fsp3) is 0.538. The van der Waals surface area contributed by atoms with Crippen LogP contribution in [0.25, 0.3) is 0 Å². The molecule has 0 radical (unpaired) electrons. The first kappa shape index (κ1) is 14.9. The van der Waals surface area contributed by atoms with Gasteiger partial charge >= 0.3 is 116 Å². The van der Waals surface area contributed by atoms with E-state index in [1.54, 1.807) is 6.07 Å².